The molecule has 26 heavy (non-hydrogen) atoms. The van der Waals surface area contributed by atoms with Crippen molar-refractivity contribution in [3.05, 3.63) is 65.6 Å². The van der Waals surface area contributed by atoms with E-state index in [1.54, 1.807) is 25.4 Å². The molecule has 0 atom stereocenters. The van der Waals surface area contributed by atoms with Crippen molar-refractivity contribution in [2.45, 2.75) is 13.3 Å². The number of aryl methyl sites for hydroxylation is 1. The van der Waals surface area contributed by atoms with Gasteiger partial charge in [0.1, 0.15) is 11.6 Å². The van der Waals surface area contributed by atoms with Gasteiger partial charge in [0.2, 0.25) is 5.95 Å². The Bertz CT molecular complexity index is 870. The van der Waals surface area contributed by atoms with Crippen LogP contribution in [0.3, 0.4) is 0 Å². The van der Waals surface area contributed by atoms with Crippen LogP contribution in [-0.2, 0) is 6.42 Å². The van der Waals surface area contributed by atoms with Gasteiger partial charge in [-0.25, -0.2) is 4.39 Å². The van der Waals surface area contributed by atoms with Crippen molar-refractivity contribution in [1.82, 2.24) is 15.2 Å². The molecule has 0 saturated carbocycles. The molecule has 7 heteroatoms. The second-order valence-electron chi connectivity index (χ2n) is 5.80. The van der Waals surface area contributed by atoms with Crippen LogP contribution in [0, 0.1) is 12.7 Å². The number of benzene rings is 2. The average molecular weight is 353 g/mol. The molecule has 1 aromatic heterocycles. The monoisotopic (exact) mass is 353 g/mol. The predicted molar refractivity (Wildman–Crippen MR) is 99.4 cm³/mol. The number of ether oxygens (including phenoxy) is 1. The van der Waals surface area contributed by atoms with Crippen molar-refractivity contribution >= 4 is 17.5 Å². The lowest BCUT2D eigenvalue weighted by molar-refractivity contribution is 0.416. The number of nitrogens with zero attached hydrogens (tertiary/aromatic N) is 3. The van der Waals surface area contributed by atoms with Gasteiger partial charge in [-0.15, -0.1) is 5.10 Å². The standard InChI is InChI=1S/C19H20FN5O/c1-13-3-8-17(26-2)16(11-13)23-18-12-22-25-19(24-18)21-10-9-14-4-6-15(20)7-5-14/h3-8,11-12H,9-10H2,1-2H3,(H2,21,23,24,25). The summed E-state index contributed by atoms with van der Waals surface area (Å²) in [6, 6.07) is 12.3. The van der Waals surface area contributed by atoms with Gasteiger partial charge in [0.25, 0.3) is 0 Å². The zero-order valence-electron chi connectivity index (χ0n) is 14.7. The first-order valence-electron chi connectivity index (χ1n) is 8.24. The molecule has 0 amide bonds. The first kappa shape index (κ1) is 17.6. The lowest BCUT2D eigenvalue weighted by Gasteiger charge is -2.12. The highest BCUT2D eigenvalue weighted by Gasteiger charge is 2.06. The Morgan fingerprint density at radius 1 is 1.12 bits per heavy atom. The van der Waals surface area contributed by atoms with Crippen LogP contribution in [0.25, 0.3) is 0 Å². The maximum absolute atomic E-state index is 12.9. The molecule has 3 rings (SSSR count). The van der Waals surface area contributed by atoms with E-state index in [-0.39, 0.29) is 5.82 Å². The Hall–Kier alpha value is -3.22. The zero-order valence-corrected chi connectivity index (χ0v) is 14.7. The smallest absolute Gasteiger partial charge is 0.244 e. The number of anilines is 3. The summed E-state index contributed by atoms with van der Waals surface area (Å²) in [5.41, 5.74) is 2.95. The van der Waals surface area contributed by atoms with E-state index in [1.807, 2.05) is 25.1 Å². The molecule has 0 unspecified atom stereocenters. The van der Waals surface area contributed by atoms with Gasteiger partial charge in [0.05, 0.1) is 19.0 Å². The van der Waals surface area contributed by atoms with Crippen molar-refractivity contribution in [1.29, 1.82) is 0 Å². The quantitative estimate of drug-likeness (QED) is 0.674. The fourth-order valence-corrected chi connectivity index (χ4v) is 2.47. The molecular formula is C19H20FN5O. The fraction of sp³-hybridized carbons (Fsp3) is 0.211. The Kier molecular flexibility index (Phi) is 5.58. The third-order valence-electron chi connectivity index (χ3n) is 3.79. The van der Waals surface area contributed by atoms with E-state index in [4.69, 9.17) is 4.74 Å². The van der Waals surface area contributed by atoms with Crippen LogP contribution in [0.1, 0.15) is 11.1 Å². The maximum atomic E-state index is 12.9. The molecule has 0 bridgehead atoms. The van der Waals surface area contributed by atoms with Gasteiger partial charge in [-0.2, -0.15) is 10.1 Å². The highest BCUT2D eigenvalue weighted by molar-refractivity contribution is 5.65. The highest BCUT2D eigenvalue weighted by Crippen LogP contribution is 2.27. The summed E-state index contributed by atoms with van der Waals surface area (Å²) >= 11 is 0. The number of methoxy groups -OCH3 is 1. The minimum atomic E-state index is -0.236. The first-order chi connectivity index (χ1) is 12.6. The summed E-state index contributed by atoms with van der Waals surface area (Å²) in [4.78, 5) is 4.41. The summed E-state index contributed by atoms with van der Waals surface area (Å²) < 4.78 is 18.3. The summed E-state index contributed by atoms with van der Waals surface area (Å²) in [7, 11) is 1.62. The summed E-state index contributed by atoms with van der Waals surface area (Å²) in [6.45, 7) is 2.62. The molecule has 0 spiro atoms. The predicted octanol–water partition coefficient (Wildman–Crippen LogP) is 3.73. The molecule has 2 aromatic carbocycles. The van der Waals surface area contributed by atoms with E-state index in [2.05, 4.69) is 25.8 Å². The van der Waals surface area contributed by atoms with Crippen molar-refractivity contribution in [3.8, 4) is 5.75 Å². The van der Waals surface area contributed by atoms with E-state index in [1.165, 1.54) is 12.1 Å². The van der Waals surface area contributed by atoms with Gasteiger partial charge < -0.3 is 15.4 Å². The van der Waals surface area contributed by atoms with Gasteiger partial charge in [0.15, 0.2) is 5.82 Å². The van der Waals surface area contributed by atoms with E-state index >= 15 is 0 Å². The van der Waals surface area contributed by atoms with Gasteiger partial charge in [-0.05, 0) is 48.7 Å². The Balaban J connectivity index is 1.63. The van der Waals surface area contributed by atoms with Gasteiger partial charge in [-0.3, -0.25) is 0 Å². The van der Waals surface area contributed by atoms with E-state index < -0.39 is 0 Å². The zero-order chi connectivity index (χ0) is 18.4. The minimum Gasteiger partial charge on any atom is -0.495 e. The highest BCUT2D eigenvalue weighted by atomic mass is 19.1. The van der Waals surface area contributed by atoms with Crippen LogP contribution in [-0.4, -0.2) is 28.8 Å². The van der Waals surface area contributed by atoms with Crippen LogP contribution >= 0.6 is 0 Å². The van der Waals surface area contributed by atoms with E-state index in [9.17, 15) is 4.39 Å². The van der Waals surface area contributed by atoms with Crippen molar-refractivity contribution in [2.24, 2.45) is 0 Å². The summed E-state index contributed by atoms with van der Waals surface area (Å²) in [5.74, 6) is 1.47. The Labute approximate surface area is 151 Å². The molecule has 0 saturated heterocycles. The molecule has 134 valence electrons. The second kappa shape index (κ2) is 8.24. The largest absolute Gasteiger partial charge is 0.495 e. The fourth-order valence-electron chi connectivity index (χ4n) is 2.47. The normalized spacial score (nSPS) is 10.4. The van der Waals surface area contributed by atoms with Gasteiger partial charge in [-0.1, -0.05) is 18.2 Å². The van der Waals surface area contributed by atoms with Crippen LogP contribution in [0.15, 0.2) is 48.7 Å². The van der Waals surface area contributed by atoms with Crippen LogP contribution in [0.2, 0.25) is 0 Å². The van der Waals surface area contributed by atoms with Crippen molar-refractivity contribution in [2.75, 3.05) is 24.3 Å². The van der Waals surface area contributed by atoms with Crippen molar-refractivity contribution in [3.63, 3.8) is 0 Å². The molecule has 0 aliphatic heterocycles. The lowest BCUT2D eigenvalue weighted by Crippen LogP contribution is -2.10. The number of rotatable bonds is 7. The first-order valence-corrected chi connectivity index (χ1v) is 8.24. The third-order valence-corrected chi connectivity index (χ3v) is 3.79. The lowest BCUT2D eigenvalue weighted by atomic mass is 10.1. The van der Waals surface area contributed by atoms with Crippen LogP contribution in [0.5, 0.6) is 5.75 Å². The molecule has 2 N–H and O–H groups in total. The number of hydrogen-bond acceptors (Lipinski definition) is 6. The SMILES string of the molecule is COc1ccc(C)cc1Nc1cnnc(NCCc2ccc(F)cc2)n1. The van der Waals surface area contributed by atoms with E-state index in [0.717, 1.165) is 29.0 Å². The van der Waals surface area contributed by atoms with Crippen LogP contribution in [0.4, 0.5) is 21.8 Å². The molecule has 0 fully saturated rings. The number of aromatic nitrogens is 3. The molecule has 0 aliphatic carbocycles. The van der Waals surface area contributed by atoms with Crippen LogP contribution < -0.4 is 15.4 Å². The Morgan fingerprint density at radius 2 is 1.92 bits per heavy atom. The minimum absolute atomic E-state index is 0.236. The number of nitrogens with one attached hydrogen (secondary N) is 2. The number of hydrogen-bond donors (Lipinski definition) is 2. The van der Waals surface area contributed by atoms with Gasteiger partial charge in [0, 0.05) is 6.54 Å². The molecule has 3 aromatic rings. The second-order valence-corrected chi connectivity index (χ2v) is 5.80. The molecule has 0 radical (unpaired) electrons. The average Bonchev–Trinajstić information content (AvgIpc) is 2.64. The van der Waals surface area contributed by atoms with Gasteiger partial charge >= 0.3 is 0 Å². The molecular weight excluding hydrogens is 333 g/mol. The maximum Gasteiger partial charge on any atom is 0.244 e. The summed E-state index contributed by atoms with van der Waals surface area (Å²) in [5, 5.41) is 14.3. The number of halogens is 1. The molecule has 6 nitrogen and oxygen atoms in total. The van der Waals surface area contributed by atoms with Crippen molar-refractivity contribution < 1.29 is 9.13 Å². The molecule has 1 heterocycles. The Morgan fingerprint density at radius 3 is 2.69 bits per heavy atom. The summed E-state index contributed by atoms with van der Waals surface area (Å²) in [6.07, 6.45) is 2.28. The van der Waals surface area contributed by atoms with E-state index in [0.29, 0.717) is 18.3 Å². The molecule has 0 aliphatic rings. The topological polar surface area (TPSA) is 72.0 Å². The third kappa shape index (κ3) is 4.66.